The second-order valence-electron chi connectivity index (χ2n) is 6.87. The quantitative estimate of drug-likeness (QED) is 0.565. The molecule has 5 heteroatoms. The van der Waals surface area contributed by atoms with Crippen LogP contribution < -0.4 is 0 Å². The predicted molar refractivity (Wildman–Crippen MR) is 110 cm³/mol. The highest BCUT2D eigenvalue weighted by molar-refractivity contribution is 5.80. The first-order chi connectivity index (χ1) is 13.7. The van der Waals surface area contributed by atoms with Crippen LogP contribution in [0.3, 0.4) is 0 Å². The number of tetrazole rings is 1. The fraction of sp³-hybridized carbons (Fsp3) is 0.174. The molecule has 0 saturated carbocycles. The van der Waals surface area contributed by atoms with Crippen molar-refractivity contribution < 1.29 is 5.11 Å². The average Bonchev–Trinajstić information content (AvgIpc) is 3.24. The van der Waals surface area contributed by atoms with Crippen molar-refractivity contribution in [3.63, 3.8) is 0 Å². The number of aliphatic hydroxyl groups excluding tert-OH is 1. The zero-order valence-electron chi connectivity index (χ0n) is 15.9. The molecule has 4 rings (SSSR count). The van der Waals surface area contributed by atoms with Gasteiger partial charge in [-0.1, -0.05) is 66.7 Å². The van der Waals surface area contributed by atoms with Crippen LogP contribution in [0.5, 0.6) is 0 Å². The molecule has 5 nitrogen and oxygen atoms in total. The molecule has 0 radical (unpaired) electrons. The Morgan fingerprint density at radius 3 is 2.43 bits per heavy atom. The molecule has 0 aliphatic rings. The van der Waals surface area contributed by atoms with E-state index in [-0.39, 0.29) is 12.6 Å². The lowest BCUT2D eigenvalue weighted by Gasteiger charge is -2.13. The highest BCUT2D eigenvalue weighted by Gasteiger charge is 2.17. The van der Waals surface area contributed by atoms with Gasteiger partial charge in [-0.3, -0.25) is 0 Å². The van der Waals surface area contributed by atoms with Crippen molar-refractivity contribution in [3.8, 4) is 22.5 Å². The van der Waals surface area contributed by atoms with Gasteiger partial charge in [0, 0.05) is 5.56 Å². The van der Waals surface area contributed by atoms with E-state index >= 15 is 0 Å². The van der Waals surface area contributed by atoms with Gasteiger partial charge in [0.1, 0.15) is 0 Å². The molecule has 0 bridgehead atoms. The summed E-state index contributed by atoms with van der Waals surface area (Å²) in [4.78, 5) is 1.65. The van der Waals surface area contributed by atoms with Gasteiger partial charge >= 0.3 is 0 Å². The Hall–Kier alpha value is -3.31. The lowest BCUT2D eigenvalue weighted by Crippen LogP contribution is -2.11. The number of hydrogen-bond donors (Lipinski definition) is 1. The molecule has 4 aromatic rings. The van der Waals surface area contributed by atoms with Gasteiger partial charge in [-0.2, -0.15) is 4.80 Å². The number of nitrogens with zero attached hydrogens (tertiary/aromatic N) is 4. The van der Waals surface area contributed by atoms with Crippen molar-refractivity contribution in [3.05, 3.63) is 89.5 Å². The van der Waals surface area contributed by atoms with Gasteiger partial charge in [0.15, 0.2) is 0 Å². The molecule has 3 aromatic carbocycles. The van der Waals surface area contributed by atoms with Crippen LogP contribution in [-0.4, -0.2) is 25.3 Å². The molecule has 1 unspecified atom stereocenters. The molecular formula is C23H22N4O. The summed E-state index contributed by atoms with van der Waals surface area (Å²) in [7, 11) is 0. The summed E-state index contributed by atoms with van der Waals surface area (Å²) in [6.45, 7) is 4.12. The molecule has 0 fully saturated rings. The highest BCUT2D eigenvalue weighted by Crippen LogP contribution is 2.31. The Balaban J connectivity index is 1.77. The van der Waals surface area contributed by atoms with E-state index in [1.54, 1.807) is 4.80 Å². The number of aliphatic hydroxyl groups is 1. The largest absolute Gasteiger partial charge is 0.392 e. The van der Waals surface area contributed by atoms with Crippen LogP contribution in [0.2, 0.25) is 0 Å². The van der Waals surface area contributed by atoms with Crippen molar-refractivity contribution in [1.82, 2.24) is 20.2 Å². The second-order valence-corrected chi connectivity index (χ2v) is 6.87. The molecule has 0 aliphatic carbocycles. The first-order valence-corrected chi connectivity index (χ1v) is 9.32. The third-order valence-electron chi connectivity index (χ3n) is 5.01. The molecule has 0 saturated heterocycles. The topological polar surface area (TPSA) is 63.8 Å². The third kappa shape index (κ3) is 3.44. The van der Waals surface area contributed by atoms with Crippen molar-refractivity contribution >= 4 is 0 Å². The summed E-state index contributed by atoms with van der Waals surface area (Å²) in [5, 5.41) is 22.9. The Kier molecular flexibility index (Phi) is 5.00. The molecule has 1 N–H and O–H groups in total. The minimum atomic E-state index is -0.0319. The number of hydrogen-bond acceptors (Lipinski definition) is 4. The van der Waals surface area contributed by atoms with Crippen LogP contribution in [-0.2, 0) is 6.61 Å². The first kappa shape index (κ1) is 18.1. The summed E-state index contributed by atoms with van der Waals surface area (Å²) in [6, 6.07) is 24.2. The Bertz CT molecular complexity index is 1090. The number of aryl methyl sites for hydroxylation is 1. The Morgan fingerprint density at radius 2 is 1.68 bits per heavy atom. The summed E-state index contributed by atoms with van der Waals surface area (Å²) in [5.41, 5.74) is 6.13. The van der Waals surface area contributed by atoms with Crippen molar-refractivity contribution in [2.24, 2.45) is 0 Å². The lowest BCUT2D eigenvalue weighted by atomic mass is 9.97. The fourth-order valence-corrected chi connectivity index (χ4v) is 3.42. The highest BCUT2D eigenvalue weighted by atomic mass is 16.3. The maximum absolute atomic E-state index is 9.58. The number of benzene rings is 3. The number of rotatable bonds is 5. The predicted octanol–water partition coefficient (Wildman–Crippen LogP) is 4.42. The molecular weight excluding hydrogens is 348 g/mol. The zero-order chi connectivity index (χ0) is 19.5. The Morgan fingerprint density at radius 1 is 0.929 bits per heavy atom. The summed E-state index contributed by atoms with van der Waals surface area (Å²) < 4.78 is 0. The molecule has 140 valence electrons. The van der Waals surface area contributed by atoms with Gasteiger partial charge in [0.25, 0.3) is 0 Å². The van der Waals surface area contributed by atoms with Gasteiger partial charge in [-0.05, 0) is 52.9 Å². The van der Waals surface area contributed by atoms with Crippen LogP contribution in [0, 0.1) is 6.92 Å². The third-order valence-corrected chi connectivity index (χ3v) is 5.01. The van der Waals surface area contributed by atoms with Crippen molar-refractivity contribution in [2.75, 3.05) is 0 Å². The van der Waals surface area contributed by atoms with E-state index in [0.717, 1.165) is 22.3 Å². The van der Waals surface area contributed by atoms with Crippen LogP contribution in [0.25, 0.3) is 22.5 Å². The van der Waals surface area contributed by atoms with Gasteiger partial charge in [0.05, 0.1) is 12.6 Å². The minimum absolute atomic E-state index is 0.0244. The molecule has 28 heavy (non-hydrogen) atoms. The maximum Gasteiger partial charge on any atom is 0.205 e. The van der Waals surface area contributed by atoms with E-state index in [1.165, 1.54) is 11.1 Å². The smallest absolute Gasteiger partial charge is 0.205 e. The summed E-state index contributed by atoms with van der Waals surface area (Å²) >= 11 is 0. The fourth-order valence-electron chi connectivity index (χ4n) is 3.42. The molecule has 1 atom stereocenters. The van der Waals surface area contributed by atoms with E-state index in [9.17, 15) is 5.11 Å². The van der Waals surface area contributed by atoms with Gasteiger partial charge in [-0.15, -0.1) is 10.2 Å². The van der Waals surface area contributed by atoms with Gasteiger partial charge in [0.2, 0.25) is 5.82 Å². The lowest BCUT2D eigenvalue weighted by molar-refractivity contribution is 0.282. The first-order valence-electron chi connectivity index (χ1n) is 9.32. The van der Waals surface area contributed by atoms with Crippen LogP contribution >= 0.6 is 0 Å². The monoisotopic (exact) mass is 370 g/mol. The molecule has 0 spiro atoms. The van der Waals surface area contributed by atoms with Crippen LogP contribution in [0.15, 0.2) is 72.8 Å². The van der Waals surface area contributed by atoms with Crippen LogP contribution in [0.4, 0.5) is 0 Å². The average molecular weight is 370 g/mol. The van der Waals surface area contributed by atoms with Crippen LogP contribution in [0.1, 0.15) is 29.7 Å². The van der Waals surface area contributed by atoms with Crippen molar-refractivity contribution in [2.45, 2.75) is 26.5 Å². The standard InChI is InChI=1S/C23H22N4O/c1-16-8-6-7-11-20(16)17(2)27-25-23(24-26-27)22-14-18(15-28)12-13-21(22)19-9-4-3-5-10-19/h3-14,17,28H,15H2,1-2H3. The van der Waals surface area contributed by atoms with E-state index < -0.39 is 0 Å². The maximum atomic E-state index is 9.58. The van der Waals surface area contributed by atoms with E-state index in [4.69, 9.17) is 0 Å². The minimum Gasteiger partial charge on any atom is -0.392 e. The van der Waals surface area contributed by atoms with E-state index in [0.29, 0.717) is 5.82 Å². The zero-order valence-corrected chi connectivity index (χ0v) is 15.9. The Labute approximate surface area is 164 Å². The number of aromatic nitrogens is 4. The molecule has 1 aromatic heterocycles. The molecule has 1 heterocycles. The molecule has 0 aliphatic heterocycles. The van der Waals surface area contributed by atoms with E-state index in [2.05, 4.69) is 53.5 Å². The normalized spacial score (nSPS) is 12.1. The van der Waals surface area contributed by atoms with Crippen molar-refractivity contribution in [1.29, 1.82) is 0 Å². The van der Waals surface area contributed by atoms with Gasteiger partial charge in [-0.25, -0.2) is 0 Å². The molecule has 0 amide bonds. The second kappa shape index (κ2) is 7.74. The van der Waals surface area contributed by atoms with E-state index in [1.807, 2.05) is 48.5 Å². The summed E-state index contributed by atoms with van der Waals surface area (Å²) in [5.74, 6) is 0.551. The SMILES string of the molecule is Cc1ccccc1C(C)n1nnc(-c2cc(CO)ccc2-c2ccccc2)n1. The van der Waals surface area contributed by atoms with Gasteiger partial charge < -0.3 is 5.11 Å². The summed E-state index contributed by atoms with van der Waals surface area (Å²) in [6.07, 6.45) is 0.